The molecular formula is C21H21FN4O4. The lowest BCUT2D eigenvalue weighted by molar-refractivity contribution is 0.0927. The van der Waals surface area contributed by atoms with Gasteiger partial charge in [-0.05, 0) is 36.8 Å². The van der Waals surface area contributed by atoms with Crippen LogP contribution in [0.5, 0.6) is 0 Å². The van der Waals surface area contributed by atoms with E-state index in [0.29, 0.717) is 11.3 Å². The molecular weight excluding hydrogens is 391 g/mol. The first-order chi connectivity index (χ1) is 14.4. The maximum absolute atomic E-state index is 13.6. The van der Waals surface area contributed by atoms with Crippen LogP contribution in [-0.2, 0) is 11.3 Å². The van der Waals surface area contributed by atoms with Crippen LogP contribution in [0.4, 0.5) is 4.39 Å². The number of aryl methyl sites for hydroxylation is 1. The van der Waals surface area contributed by atoms with E-state index in [1.807, 2.05) is 6.92 Å². The van der Waals surface area contributed by atoms with E-state index in [2.05, 4.69) is 10.4 Å². The topological polar surface area (TPSA) is 95.2 Å². The average Bonchev–Trinajstić information content (AvgIpc) is 2.72. The molecule has 0 saturated carbocycles. The predicted molar refractivity (Wildman–Crippen MR) is 109 cm³/mol. The van der Waals surface area contributed by atoms with Gasteiger partial charge in [0.25, 0.3) is 11.5 Å². The monoisotopic (exact) mass is 412 g/mol. The number of carbonyl (C=O) groups is 1. The van der Waals surface area contributed by atoms with Gasteiger partial charge in [0, 0.05) is 13.7 Å². The van der Waals surface area contributed by atoms with Crippen molar-refractivity contribution in [3.63, 3.8) is 0 Å². The highest BCUT2D eigenvalue weighted by molar-refractivity contribution is 5.91. The Morgan fingerprint density at radius 3 is 2.57 bits per heavy atom. The number of amides is 1. The maximum Gasteiger partial charge on any atom is 0.352 e. The number of halogens is 1. The van der Waals surface area contributed by atoms with Gasteiger partial charge < -0.3 is 10.1 Å². The van der Waals surface area contributed by atoms with Crippen LogP contribution in [0.25, 0.3) is 5.69 Å². The molecule has 30 heavy (non-hydrogen) atoms. The van der Waals surface area contributed by atoms with E-state index in [1.54, 1.807) is 30.3 Å². The van der Waals surface area contributed by atoms with Crippen LogP contribution in [0.1, 0.15) is 21.6 Å². The summed E-state index contributed by atoms with van der Waals surface area (Å²) in [6.45, 7) is 2.10. The summed E-state index contributed by atoms with van der Waals surface area (Å²) >= 11 is 0. The molecule has 0 aliphatic rings. The van der Waals surface area contributed by atoms with Gasteiger partial charge in [-0.1, -0.05) is 29.8 Å². The largest absolute Gasteiger partial charge is 0.383 e. The Labute approximate surface area is 171 Å². The van der Waals surface area contributed by atoms with Crippen molar-refractivity contribution < 1.29 is 13.9 Å². The number of hydrogen-bond donors (Lipinski definition) is 1. The average molecular weight is 412 g/mol. The predicted octanol–water partition coefficient (Wildman–Crippen LogP) is 1.27. The summed E-state index contributed by atoms with van der Waals surface area (Å²) in [4.78, 5) is 38.4. The fourth-order valence-electron chi connectivity index (χ4n) is 2.82. The zero-order valence-electron chi connectivity index (χ0n) is 16.6. The summed E-state index contributed by atoms with van der Waals surface area (Å²) in [5.74, 6) is -1.23. The number of methoxy groups -OCH3 is 1. The highest BCUT2D eigenvalue weighted by Gasteiger charge is 2.20. The summed E-state index contributed by atoms with van der Waals surface area (Å²) < 4.78 is 20.3. The molecule has 0 fully saturated rings. The first-order valence-electron chi connectivity index (χ1n) is 9.23. The molecule has 3 aromatic rings. The summed E-state index contributed by atoms with van der Waals surface area (Å²) in [6.07, 6.45) is 0. The molecule has 1 N–H and O–H groups in total. The van der Waals surface area contributed by atoms with Gasteiger partial charge in [-0.15, -0.1) is 0 Å². The van der Waals surface area contributed by atoms with Crippen molar-refractivity contribution in [3.05, 3.63) is 92.0 Å². The molecule has 0 radical (unpaired) electrons. The second-order valence-corrected chi connectivity index (χ2v) is 6.65. The van der Waals surface area contributed by atoms with Crippen molar-refractivity contribution in [2.24, 2.45) is 0 Å². The van der Waals surface area contributed by atoms with Crippen molar-refractivity contribution in [1.82, 2.24) is 19.7 Å². The number of rotatable bonds is 7. The van der Waals surface area contributed by atoms with E-state index in [0.717, 1.165) is 14.8 Å². The van der Waals surface area contributed by atoms with Gasteiger partial charge in [0.15, 0.2) is 0 Å². The molecule has 0 spiro atoms. The molecule has 3 rings (SSSR count). The maximum atomic E-state index is 13.6. The molecule has 0 saturated heterocycles. The minimum absolute atomic E-state index is 0.171. The van der Waals surface area contributed by atoms with Crippen LogP contribution >= 0.6 is 0 Å². The Kier molecular flexibility index (Phi) is 6.53. The highest BCUT2D eigenvalue weighted by atomic mass is 19.1. The summed E-state index contributed by atoms with van der Waals surface area (Å²) in [7, 11) is 1.48. The lowest BCUT2D eigenvalue weighted by Crippen LogP contribution is -2.46. The van der Waals surface area contributed by atoms with Gasteiger partial charge in [-0.3, -0.25) is 14.2 Å². The molecule has 0 bridgehead atoms. The van der Waals surface area contributed by atoms with E-state index < -0.39 is 28.7 Å². The molecule has 0 atom stereocenters. The summed E-state index contributed by atoms with van der Waals surface area (Å²) in [5.41, 5.74) is -0.268. The second kappa shape index (κ2) is 9.27. The van der Waals surface area contributed by atoms with Crippen molar-refractivity contribution in [1.29, 1.82) is 0 Å². The van der Waals surface area contributed by atoms with Crippen LogP contribution < -0.4 is 16.6 Å². The zero-order valence-corrected chi connectivity index (χ0v) is 16.6. The quantitative estimate of drug-likeness (QED) is 0.590. The number of nitrogens with one attached hydrogen (secondary N) is 1. The van der Waals surface area contributed by atoms with Crippen LogP contribution in [0.2, 0.25) is 0 Å². The molecule has 1 heterocycles. The van der Waals surface area contributed by atoms with Crippen molar-refractivity contribution in [3.8, 4) is 5.69 Å². The fraction of sp³-hybridized carbons (Fsp3) is 0.238. The summed E-state index contributed by atoms with van der Waals surface area (Å²) in [6, 6.07) is 12.4. The summed E-state index contributed by atoms with van der Waals surface area (Å²) in [5, 5.41) is 6.55. The smallest absolute Gasteiger partial charge is 0.352 e. The van der Waals surface area contributed by atoms with Crippen LogP contribution in [0.3, 0.4) is 0 Å². The van der Waals surface area contributed by atoms with E-state index in [1.165, 1.54) is 25.3 Å². The molecule has 0 aliphatic heterocycles. The Balaban J connectivity index is 2.13. The Morgan fingerprint density at radius 1 is 1.17 bits per heavy atom. The third kappa shape index (κ3) is 4.69. The SMILES string of the molecule is COCCNC(=O)c1nn(-c2ccc(C)cc2)c(=O)n(Cc2cccc(F)c2)c1=O. The molecule has 1 amide bonds. The van der Waals surface area contributed by atoms with Crippen molar-refractivity contribution in [2.45, 2.75) is 13.5 Å². The minimum Gasteiger partial charge on any atom is -0.383 e. The molecule has 8 nitrogen and oxygen atoms in total. The minimum atomic E-state index is -0.859. The van der Waals surface area contributed by atoms with Crippen molar-refractivity contribution >= 4 is 5.91 Å². The van der Waals surface area contributed by atoms with E-state index in [9.17, 15) is 18.8 Å². The van der Waals surface area contributed by atoms with Crippen LogP contribution in [0.15, 0.2) is 58.1 Å². The number of aromatic nitrogens is 3. The van der Waals surface area contributed by atoms with Crippen LogP contribution in [-0.4, -0.2) is 40.5 Å². The second-order valence-electron chi connectivity index (χ2n) is 6.65. The molecule has 2 aromatic carbocycles. The lowest BCUT2D eigenvalue weighted by Gasteiger charge is -2.12. The van der Waals surface area contributed by atoms with E-state index in [-0.39, 0.29) is 19.7 Å². The molecule has 0 unspecified atom stereocenters. The lowest BCUT2D eigenvalue weighted by atomic mass is 10.2. The Morgan fingerprint density at radius 2 is 1.90 bits per heavy atom. The van der Waals surface area contributed by atoms with Gasteiger partial charge in [-0.25, -0.2) is 9.18 Å². The van der Waals surface area contributed by atoms with Gasteiger partial charge >= 0.3 is 5.69 Å². The van der Waals surface area contributed by atoms with E-state index in [4.69, 9.17) is 4.74 Å². The van der Waals surface area contributed by atoms with Crippen LogP contribution in [0, 0.1) is 12.7 Å². The van der Waals surface area contributed by atoms with Gasteiger partial charge in [0.05, 0.1) is 18.8 Å². The fourth-order valence-corrected chi connectivity index (χ4v) is 2.82. The normalized spacial score (nSPS) is 10.8. The first-order valence-corrected chi connectivity index (χ1v) is 9.23. The Bertz CT molecular complexity index is 1170. The zero-order chi connectivity index (χ0) is 21.7. The standard InChI is InChI=1S/C21H21FN4O4/c1-14-6-8-17(9-7-14)26-21(29)25(13-15-4-3-5-16(22)12-15)20(28)18(24-26)19(27)23-10-11-30-2/h3-9,12H,10-11,13H2,1-2H3,(H,23,27). The van der Waals surface area contributed by atoms with Gasteiger partial charge in [-0.2, -0.15) is 9.78 Å². The third-order valence-corrected chi connectivity index (χ3v) is 4.37. The number of ether oxygens (including phenoxy) is 1. The van der Waals surface area contributed by atoms with E-state index >= 15 is 0 Å². The number of benzene rings is 2. The first kappa shape index (κ1) is 21.1. The third-order valence-electron chi connectivity index (χ3n) is 4.37. The number of hydrogen-bond acceptors (Lipinski definition) is 5. The molecule has 9 heteroatoms. The number of nitrogens with zero attached hydrogens (tertiary/aromatic N) is 3. The highest BCUT2D eigenvalue weighted by Crippen LogP contribution is 2.07. The number of carbonyl (C=O) groups excluding carboxylic acids is 1. The van der Waals surface area contributed by atoms with Crippen molar-refractivity contribution in [2.75, 3.05) is 20.3 Å². The van der Waals surface area contributed by atoms with Gasteiger partial charge in [0.1, 0.15) is 5.82 Å². The molecule has 0 aliphatic carbocycles. The molecule has 156 valence electrons. The van der Waals surface area contributed by atoms with Gasteiger partial charge in [0.2, 0.25) is 5.69 Å². The molecule has 1 aromatic heterocycles. The Hall–Kier alpha value is -3.59.